The summed E-state index contributed by atoms with van der Waals surface area (Å²) in [4.78, 5) is 29.6. The second-order valence-corrected chi connectivity index (χ2v) is 7.90. The first-order valence-corrected chi connectivity index (χ1v) is 10.6. The molecule has 0 aliphatic carbocycles. The molecule has 2 aromatic carbocycles. The van der Waals surface area contributed by atoms with Crippen molar-refractivity contribution in [1.82, 2.24) is 9.80 Å². The maximum atomic E-state index is 13.3. The number of Topliss-reactive ketones (excluding diaryl/α,β-unsaturated/α-hetero) is 1. The molecule has 7 nitrogen and oxygen atoms in total. The summed E-state index contributed by atoms with van der Waals surface area (Å²) in [6, 6.07) is 10.5. The van der Waals surface area contributed by atoms with Crippen LogP contribution in [0.1, 0.15) is 23.6 Å². The number of carbonyl (C=O) groups is 2. The number of halogens is 1. The number of aromatic hydroxyl groups is 1. The van der Waals surface area contributed by atoms with Gasteiger partial charge < -0.3 is 19.8 Å². The van der Waals surface area contributed by atoms with Gasteiger partial charge >= 0.3 is 0 Å². The summed E-state index contributed by atoms with van der Waals surface area (Å²) in [5, 5.41) is 20.9. The van der Waals surface area contributed by atoms with E-state index in [4.69, 9.17) is 4.74 Å². The Bertz CT molecular complexity index is 1030. The van der Waals surface area contributed by atoms with E-state index in [1.807, 2.05) is 0 Å². The first-order chi connectivity index (χ1) is 15.5. The van der Waals surface area contributed by atoms with Crippen LogP contribution in [0.5, 0.6) is 5.75 Å². The molecule has 2 heterocycles. The molecule has 0 aromatic heterocycles. The number of rotatable bonds is 6. The number of nitrogens with zero attached hydrogens (tertiary/aromatic N) is 2. The monoisotopic (exact) mass is 440 g/mol. The van der Waals surface area contributed by atoms with Gasteiger partial charge in [-0.3, -0.25) is 14.5 Å². The molecule has 32 heavy (non-hydrogen) atoms. The fourth-order valence-corrected chi connectivity index (χ4v) is 4.20. The molecule has 0 unspecified atom stereocenters. The highest BCUT2D eigenvalue weighted by Gasteiger charge is 2.45. The van der Waals surface area contributed by atoms with Crippen molar-refractivity contribution in [1.29, 1.82) is 0 Å². The smallest absolute Gasteiger partial charge is 0.295 e. The third-order valence-corrected chi connectivity index (χ3v) is 5.82. The van der Waals surface area contributed by atoms with E-state index in [1.54, 1.807) is 12.1 Å². The number of phenols is 1. The number of aliphatic hydroxyl groups excluding tert-OH is 1. The van der Waals surface area contributed by atoms with Gasteiger partial charge in [-0.1, -0.05) is 12.1 Å². The SMILES string of the molecule is O=C1C(=O)N(CCCN2CCOCC2)[C@H](c2cccc(O)c2)C1=C(O)c1ccc(F)cc1. The highest BCUT2D eigenvalue weighted by molar-refractivity contribution is 6.46. The lowest BCUT2D eigenvalue weighted by molar-refractivity contribution is -0.140. The molecule has 2 fully saturated rings. The summed E-state index contributed by atoms with van der Waals surface area (Å²) >= 11 is 0. The molecule has 0 spiro atoms. The average Bonchev–Trinajstić information content (AvgIpc) is 3.05. The number of morpholine rings is 1. The van der Waals surface area contributed by atoms with Crippen molar-refractivity contribution in [2.75, 3.05) is 39.4 Å². The van der Waals surface area contributed by atoms with Gasteiger partial charge in [0.1, 0.15) is 17.3 Å². The summed E-state index contributed by atoms with van der Waals surface area (Å²) in [6.07, 6.45) is 0.638. The van der Waals surface area contributed by atoms with Crippen molar-refractivity contribution >= 4 is 17.4 Å². The third kappa shape index (κ3) is 4.51. The number of aliphatic hydroxyl groups is 1. The lowest BCUT2D eigenvalue weighted by Crippen LogP contribution is -2.38. The predicted octanol–water partition coefficient (Wildman–Crippen LogP) is 2.68. The lowest BCUT2D eigenvalue weighted by Gasteiger charge is -2.29. The molecule has 0 saturated carbocycles. The summed E-state index contributed by atoms with van der Waals surface area (Å²) in [7, 11) is 0. The maximum absolute atomic E-state index is 13.3. The molecule has 2 N–H and O–H groups in total. The summed E-state index contributed by atoms with van der Waals surface area (Å²) < 4.78 is 18.7. The number of amides is 1. The Morgan fingerprint density at radius 3 is 2.47 bits per heavy atom. The first kappa shape index (κ1) is 22.0. The summed E-state index contributed by atoms with van der Waals surface area (Å²) in [5.41, 5.74) is 0.681. The zero-order valence-corrected chi connectivity index (χ0v) is 17.5. The van der Waals surface area contributed by atoms with Gasteiger partial charge in [-0.25, -0.2) is 4.39 Å². The van der Waals surface area contributed by atoms with E-state index in [2.05, 4.69) is 4.90 Å². The molecule has 2 aliphatic heterocycles. The molecular formula is C24H25FN2O5. The van der Waals surface area contributed by atoms with Crippen LogP contribution in [0.3, 0.4) is 0 Å². The molecule has 4 rings (SSSR count). The number of ketones is 1. The lowest BCUT2D eigenvalue weighted by atomic mass is 9.95. The maximum Gasteiger partial charge on any atom is 0.295 e. The van der Waals surface area contributed by atoms with Crippen LogP contribution in [-0.2, 0) is 14.3 Å². The Morgan fingerprint density at radius 2 is 1.78 bits per heavy atom. The van der Waals surface area contributed by atoms with Crippen LogP contribution in [0.15, 0.2) is 54.1 Å². The van der Waals surface area contributed by atoms with Crippen LogP contribution in [0.25, 0.3) is 5.76 Å². The molecule has 2 aliphatic rings. The fourth-order valence-electron chi connectivity index (χ4n) is 4.20. The van der Waals surface area contributed by atoms with E-state index in [1.165, 1.54) is 41.3 Å². The number of hydrogen-bond donors (Lipinski definition) is 2. The van der Waals surface area contributed by atoms with E-state index < -0.39 is 23.5 Å². The van der Waals surface area contributed by atoms with Gasteiger partial charge in [0.15, 0.2) is 0 Å². The van der Waals surface area contributed by atoms with Gasteiger partial charge in [-0.05, 0) is 48.4 Å². The molecule has 8 heteroatoms. The van der Waals surface area contributed by atoms with E-state index in [0.29, 0.717) is 31.7 Å². The van der Waals surface area contributed by atoms with Crippen LogP contribution in [0, 0.1) is 5.82 Å². The molecule has 1 amide bonds. The zero-order chi connectivity index (χ0) is 22.7. The number of benzene rings is 2. The number of carbonyl (C=O) groups excluding carboxylic acids is 2. The highest BCUT2D eigenvalue weighted by atomic mass is 19.1. The molecule has 168 valence electrons. The quantitative estimate of drug-likeness (QED) is 0.408. The number of ether oxygens (including phenoxy) is 1. The first-order valence-electron chi connectivity index (χ1n) is 10.6. The second kappa shape index (κ2) is 9.50. The topological polar surface area (TPSA) is 90.3 Å². The number of hydrogen-bond acceptors (Lipinski definition) is 6. The van der Waals surface area contributed by atoms with Gasteiger partial charge in [0.05, 0.1) is 24.8 Å². The third-order valence-electron chi connectivity index (χ3n) is 5.82. The zero-order valence-electron chi connectivity index (χ0n) is 17.5. The Hall–Kier alpha value is -3.23. The van der Waals surface area contributed by atoms with Gasteiger partial charge in [0.25, 0.3) is 11.7 Å². The van der Waals surface area contributed by atoms with Crippen LogP contribution in [-0.4, -0.2) is 71.1 Å². The predicted molar refractivity (Wildman–Crippen MR) is 115 cm³/mol. The largest absolute Gasteiger partial charge is 0.508 e. The summed E-state index contributed by atoms with van der Waals surface area (Å²) in [6.45, 7) is 4.04. The van der Waals surface area contributed by atoms with E-state index in [0.717, 1.165) is 19.6 Å². The molecule has 2 saturated heterocycles. The van der Waals surface area contributed by atoms with Gasteiger partial charge in [-0.15, -0.1) is 0 Å². The van der Waals surface area contributed by atoms with Crippen molar-refractivity contribution in [3.8, 4) is 5.75 Å². The van der Waals surface area contributed by atoms with E-state index in [-0.39, 0.29) is 22.6 Å². The molecule has 0 radical (unpaired) electrons. The second-order valence-electron chi connectivity index (χ2n) is 7.90. The fraction of sp³-hybridized carbons (Fsp3) is 0.333. The number of likely N-dealkylation sites (tertiary alicyclic amines) is 1. The van der Waals surface area contributed by atoms with Gasteiger partial charge in [0, 0.05) is 31.7 Å². The Balaban J connectivity index is 1.67. The standard InChI is InChI=1S/C24H25FN2O5/c25-18-7-5-16(6-8-18)22(29)20-21(17-3-1-4-19(28)15-17)27(24(31)23(20)30)10-2-9-26-11-13-32-14-12-26/h1,3-8,15,21,28-29H,2,9-14H2/t21-/m1/s1. The van der Waals surface area contributed by atoms with Crippen molar-refractivity contribution < 1.29 is 28.9 Å². The van der Waals surface area contributed by atoms with Crippen molar-refractivity contribution in [3.63, 3.8) is 0 Å². The van der Waals surface area contributed by atoms with Gasteiger partial charge in [0.2, 0.25) is 0 Å². The Kier molecular flexibility index (Phi) is 6.53. The average molecular weight is 440 g/mol. The minimum Gasteiger partial charge on any atom is -0.508 e. The molecule has 2 aromatic rings. The Morgan fingerprint density at radius 1 is 1.06 bits per heavy atom. The van der Waals surface area contributed by atoms with E-state index in [9.17, 15) is 24.2 Å². The molecular weight excluding hydrogens is 415 g/mol. The van der Waals surface area contributed by atoms with Crippen molar-refractivity contribution in [3.05, 3.63) is 71.0 Å². The normalized spacial score (nSPS) is 21.3. The van der Waals surface area contributed by atoms with Crippen LogP contribution >= 0.6 is 0 Å². The van der Waals surface area contributed by atoms with Gasteiger partial charge in [-0.2, -0.15) is 0 Å². The van der Waals surface area contributed by atoms with E-state index >= 15 is 0 Å². The Labute approximate surface area is 185 Å². The van der Waals surface area contributed by atoms with Crippen molar-refractivity contribution in [2.45, 2.75) is 12.5 Å². The molecule has 1 atom stereocenters. The molecule has 0 bridgehead atoms. The van der Waals surface area contributed by atoms with Crippen LogP contribution < -0.4 is 0 Å². The minimum atomic E-state index is -0.850. The van der Waals surface area contributed by atoms with Crippen molar-refractivity contribution in [2.24, 2.45) is 0 Å². The highest BCUT2D eigenvalue weighted by Crippen LogP contribution is 2.40. The van der Waals surface area contributed by atoms with Crippen LogP contribution in [0.4, 0.5) is 4.39 Å². The minimum absolute atomic E-state index is 0.0109. The number of phenolic OH excluding ortho intramolecular Hbond substituents is 1. The van der Waals surface area contributed by atoms with Crippen LogP contribution in [0.2, 0.25) is 0 Å². The summed E-state index contributed by atoms with van der Waals surface area (Å²) in [5.74, 6) is -2.36.